The van der Waals surface area contributed by atoms with E-state index in [1.165, 1.54) is 6.20 Å². The minimum Gasteiger partial charge on any atom is -0.394 e. The van der Waals surface area contributed by atoms with Gasteiger partial charge in [0.15, 0.2) is 6.23 Å². The molecule has 0 spiro atoms. The third-order valence-corrected chi connectivity index (χ3v) is 3.27. The monoisotopic (exact) mass is 286 g/mol. The van der Waals surface area contributed by atoms with E-state index in [9.17, 15) is 15.0 Å². The summed E-state index contributed by atoms with van der Waals surface area (Å²) in [4.78, 5) is 15.5. The van der Waals surface area contributed by atoms with Crippen molar-refractivity contribution in [3.05, 3.63) is 22.2 Å². The molecule has 7 N–H and O–H groups in total. The fourth-order valence-electron chi connectivity index (χ4n) is 2.16. The first-order valence-corrected chi connectivity index (χ1v) is 6.19. The van der Waals surface area contributed by atoms with E-state index < -0.39 is 36.8 Å². The molecule has 1 fully saturated rings. The minimum atomic E-state index is -1.35. The van der Waals surface area contributed by atoms with Crippen LogP contribution in [-0.4, -0.2) is 56.3 Å². The summed E-state index contributed by atoms with van der Waals surface area (Å²) >= 11 is 0. The van der Waals surface area contributed by atoms with Crippen LogP contribution in [0.2, 0.25) is 0 Å². The number of nitrogens with zero attached hydrogens (tertiary/aromatic N) is 2. The summed E-state index contributed by atoms with van der Waals surface area (Å²) in [6.07, 6.45) is -2.91. The van der Waals surface area contributed by atoms with Crippen molar-refractivity contribution < 1.29 is 20.1 Å². The fraction of sp³-hybridized carbons (Fsp3) is 0.636. The number of ether oxygens (including phenoxy) is 1. The summed E-state index contributed by atoms with van der Waals surface area (Å²) in [6, 6.07) is 0. The molecule has 1 aromatic heterocycles. The Bertz CT molecular complexity index is 534. The summed E-state index contributed by atoms with van der Waals surface area (Å²) < 4.78 is 6.32. The van der Waals surface area contributed by atoms with Crippen LogP contribution in [0.4, 0.5) is 5.82 Å². The van der Waals surface area contributed by atoms with Crippen LogP contribution >= 0.6 is 0 Å². The smallest absolute Gasteiger partial charge is 0.351 e. The van der Waals surface area contributed by atoms with Gasteiger partial charge in [-0.2, -0.15) is 4.98 Å². The first kappa shape index (κ1) is 14.9. The maximum atomic E-state index is 11.8. The van der Waals surface area contributed by atoms with Gasteiger partial charge in [0.2, 0.25) is 0 Å². The highest BCUT2D eigenvalue weighted by atomic mass is 16.6. The van der Waals surface area contributed by atoms with Gasteiger partial charge >= 0.3 is 5.69 Å². The van der Waals surface area contributed by atoms with Gasteiger partial charge in [0.1, 0.15) is 24.1 Å². The Hall–Kier alpha value is -1.52. The van der Waals surface area contributed by atoms with Crippen molar-refractivity contribution in [2.75, 3.05) is 18.9 Å². The molecule has 1 aliphatic rings. The summed E-state index contributed by atoms with van der Waals surface area (Å²) in [5.74, 6) is 0.0726. The standard InChI is InChI=1S/C11H18N4O5/c12-2-1-5-3-15(11(19)14-9(5)13)10-8(18)7(17)6(4-16)20-10/h3,6-8,10,16-18H,1-2,4,12H2,(H2,13,14,19)/t6-,7-,8-,10-/m1/s1. The Balaban J connectivity index is 2.38. The highest BCUT2D eigenvalue weighted by molar-refractivity contribution is 5.37. The molecule has 0 saturated carbocycles. The van der Waals surface area contributed by atoms with Crippen LogP contribution in [0.3, 0.4) is 0 Å². The van der Waals surface area contributed by atoms with Gasteiger partial charge in [-0.05, 0) is 13.0 Å². The average molecular weight is 286 g/mol. The zero-order valence-corrected chi connectivity index (χ0v) is 10.7. The van der Waals surface area contributed by atoms with Crippen LogP contribution in [0.15, 0.2) is 11.0 Å². The van der Waals surface area contributed by atoms with Gasteiger partial charge in [0, 0.05) is 11.8 Å². The quantitative estimate of drug-likeness (QED) is 0.390. The van der Waals surface area contributed by atoms with E-state index in [-0.39, 0.29) is 5.82 Å². The average Bonchev–Trinajstić information content (AvgIpc) is 2.70. The van der Waals surface area contributed by atoms with E-state index in [2.05, 4.69) is 4.98 Å². The van der Waals surface area contributed by atoms with E-state index in [0.717, 1.165) is 4.57 Å². The number of hydrogen-bond acceptors (Lipinski definition) is 8. The number of aromatic nitrogens is 2. The van der Waals surface area contributed by atoms with Gasteiger partial charge < -0.3 is 31.5 Å². The van der Waals surface area contributed by atoms with Crippen molar-refractivity contribution in [2.45, 2.75) is 31.0 Å². The number of aliphatic hydroxyl groups excluding tert-OH is 3. The number of nitrogen functional groups attached to an aromatic ring is 1. The second kappa shape index (κ2) is 5.85. The van der Waals surface area contributed by atoms with Crippen molar-refractivity contribution in [3.8, 4) is 0 Å². The molecular weight excluding hydrogens is 268 g/mol. The van der Waals surface area contributed by atoms with Crippen LogP contribution in [0.5, 0.6) is 0 Å². The van der Waals surface area contributed by atoms with E-state index in [4.69, 9.17) is 21.3 Å². The van der Waals surface area contributed by atoms with Gasteiger partial charge in [0.05, 0.1) is 6.61 Å². The molecule has 0 bridgehead atoms. The maximum Gasteiger partial charge on any atom is 0.351 e. The third-order valence-electron chi connectivity index (χ3n) is 3.27. The largest absolute Gasteiger partial charge is 0.394 e. The molecule has 9 heteroatoms. The van der Waals surface area contributed by atoms with Gasteiger partial charge in [0.25, 0.3) is 0 Å². The van der Waals surface area contributed by atoms with Gasteiger partial charge in [-0.25, -0.2) is 4.79 Å². The molecule has 1 aromatic rings. The number of nitrogens with two attached hydrogens (primary N) is 2. The van der Waals surface area contributed by atoms with E-state index >= 15 is 0 Å². The van der Waals surface area contributed by atoms with Crippen LogP contribution in [0.1, 0.15) is 11.8 Å². The van der Waals surface area contributed by atoms with Gasteiger partial charge in [-0.3, -0.25) is 4.57 Å². The lowest BCUT2D eigenvalue weighted by molar-refractivity contribution is -0.0550. The highest BCUT2D eigenvalue weighted by Crippen LogP contribution is 2.28. The molecular formula is C11H18N4O5. The lowest BCUT2D eigenvalue weighted by Crippen LogP contribution is -2.36. The molecule has 0 radical (unpaired) electrons. The van der Waals surface area contributed by atoms with Crippen LogP contribution < -0.4 is 17.2 Å². The van der Waals surface area contributed by atoms with Crippen molar-refractivity contribution in [3.63, 3.8) is 0 Å². The molecule has 0 unspecified atom stereocenters. The van der Waals surface area contributed by atoms with E-state index in [0.29, 0.717) is 18.5 Å². The van der Waals surface area contributed by atoms with Gasteiger partial charge in [-0.15, -0.1) is 0 Å². The van der Waals surface area contributed by atoms with Gasteiger partial charge in [-0.1, -0.05) is 0 Å². The van der Waals surface area contributed by atoms with Crippen LogP contribution in [0.25, 0.3) is 0 Å². The molecule has 0 amide bonds. The predicted molar refractivity (Wildman–Crippen MR) is 68.7 cm³/mol. The SMILES string of the molecule is NCCc1cn([C@@H]2O[C@H](CO)[C@@H](O)[C@H]2O)c(=O)nc1N. The molecule has 0 aromatic carbocycles. The Morgan fingerprint density at radius 1 is 1.40 bits per heavy atom. The zero-order chi connectivity index (χ0) is 14.9. The maximum absolute atomic E-state index is 11.8. The highest BCUT2D eigenvalue weighted by Gasteiger charge is 2.43. The summed E-state index contributed by atoms with van der Waals surface area (Å²) in [5.41, 5.74) is 10.9. The van der Waals surface area contributed by atoms with Crippen molar-refractivity contribution in [1.29, 1.82) is 0 Å². The van der Waals surface area contributed by atoms with Crippen molar-refractivity contribution >= 4 is 5.82 Å². The number of rotatable bonds is 4. The summed E-state index contributed by atoms with van der Waals surface area (Å²) in [7, 11) is 0. The lowest BCUT2D eigenvalue weighted by atomic mass is 10.1. The molecule has 2 heterocycles. The molecule has 4 atom stereocenters. The Labute approximate surface area is 114 Å². The number of anilines is 1. The van der Waals surface area contributed by atoms with E-state index in [1.807, 2.05) is 0 Å². The molecule has 9 nitrogen and oxygen atoms in total. The molecule has 1 saturated heterocycles. The topological polar surface area (TPSA) is 157 Å². The molecule has 2 rings (SSSR count). The first-order valence-electron chi connectivity index (χ1n) is 6.19. The third kappa shape index (κ3) is 2.53. The van der Waals surface area contributed by atoms with Crippen molar-refractivity contribution in [1.82, 2.24) is 9.55 Å². The Morgan fingerprint density at radius 3 is 2.65 bits per heavy atom. The first-order chi connectivity index (χ1) is 9.49. The van der Waals surface area contributed by atoms with Crippen LogP contribution in [-0.2, 0) is 11.2 Å². The Kier molecular flexibility index (Phi) is 4.35. The van der Waals surface area contributed by atoms with E-state index in [1.54, 1.807) is 0 Å². The minimum absolute atomic E-state index is 0.0726. The number of aliphatic hydroxyl groups is 3. The van der Waals surface area contributed by atoms with Crippen molar-refractivity contribution in [2.24, 2.45) is 5.73 Å². The molecule has 1 aliphatic heterocycles. The summed E-state index contributed by atoms with van der Waals surface area (Å²) in [5, 5.41) is 28.6. The summed E-state index contributed by atoms with van der Waals surface area (Å²) in [6.45, 7) is -0.151. The molecule has 112 valence electrons. The second-order valence-corrected chi connectivity index (χ2v) is 4.61. The second-order valence-electron chi connectivity index (χ2n) is 4.61. The zero-order valence-electron chi connectivity index (χ0n) is 10.7. The number of hydrogen-bond donors (Lipinski definition) is 5. The molecule has 20 heavy (non-hydrogen) atoms. The van der Waals surface area contributed by atoms with Crippen LogP contribution in [0, 0.1) is 0 Å². The normalized spacial score (nSPS) is 29.8. The Morgan fingerprint density at radius 2 is 2.10 bits per heavy atom. The lowest BCUT2D eigenvalue weighted by Gasteiger charge is -2.18. The fourth-order valence-corrected chi connectivity index (χ4v) is 2.16. The molecule has 0 aliphatic carbocycles. The predicted octanol–water partition coefficient (Wildman–Crippen LogP) is -3.06.